The number of carboxylic acid groups (broad SMARTS) is 1. The molecule has 0 aromatic rings. The Morgan fingerprint density at radius 1 is 0.652 bits per heavy atom. The number of carbonyl (C=O) groups is 1. The zero-order chi connectivity index (χ0) is 16.8. The van der Waals surface area contributed by atoms with Crippen LogP contribution < -0.4 is 5.73 Å². The summed E-state index contributed by atoms with van der Waals surface area (Å²) in [4.78, 5) is 11.3. The maximum atomic E-state index is 11.3. The smallest absolute Gasteiger partial charge is 0.328 e. The number of ether oxygens (including phenoxy) is 6. The van der Waals surface area contributed by atoms with Gasteiger partial charge in [0.05, 0.1) is 79.3 Å². The second-order valence-corrected chi connectivity index (χ2v) is 5.02. The molecule has 1 fully saturated rings. The number of hydrogen-bond acceptors (Lipinski definition) is 8. The van der Waals surface area contributed by atoms with Gasteiger partial charge in [0, 0.05) is 0 Å². The first-order valence-electron chi connectivity index (χ1n) is 7.64. The second kappa shape index (κ2) is 12.6. The molecule has 0 unspecified atom stereocenters. The fraction of sp³-hybridized carbons (Fsp3) is 0.929. The average molecular weight is 337 g/mol. The molecule has 0 amide bonds. The van der Waals surface area contributed by atoms with Crippen molar-refractivity contribution < 1.29 is 38.3 Å². The molecule has 9 nitrogen and oxygen atoms in total. The van der Waals surface area contributed by atoms with Crippen molar-refractivity contribution in [2.45, 2.75) is 5.54 Å². The topological polar surface area (TPSA) is 119 Å². The van der Waals surface area contributed by atoms with Gasteiger partial charge in [-0.1, -0.05) is 0 Å². The van der Waals surface area contributed by atoms with E-state index in [-0.39, 0.29) is 26.4 Å². The predicted octanol–water partition coefficient (Wildman–Crippen LogP) is -1.12. The summed E-state index contributed by atoms with van der Waals surface area (Å²) in [5.41, 5.74) is 4.21. The first-order chi connectivity index (χ1) is 11.2. The lowest BCUT2D eigenvalue weighted by Gasteiger charge is -2.24. The van der Waals surface area contributed by atoms with Crippen molar-refractivity contribution in [3.63, 3.8) is 0 Å². The number of carboxylic acids is 1. The summed E-state index contributed by atoms with van der Waals surface area (Å²) in [7, 11) is 0. The third-order valence-corrected chi connectivity index (χ3v) is 3.01. The lowest BCUT2D eigenvalue weighted by molar-refractivity contribution is -0.149. The van der Waals surface area contributed by atoms with Crippen molar-refractivity contribution in [3.05, 3.63) is 0 Å². The normalized spacial score (nSPS) is 24.0. The van der Waals surface area contributed by atoms with Crippen molar-refractivity contribution in [2.75, 3.05) is 79.3 Å². The van der Waals surface area contributed by atoms with Crippen LogP contribution in [0.3, 0.4) is 0 Å². The van der Waals surface area contributed by atoms with Gasteiger partial charge in [-0.2, -0.15) is 0 Å². The molecular formula is C14H27NO8. The minimum atomic E-state index is -1.59. The van der Waals surface area contributed by atoms with Crippen LogP contribution in [0.1, 0.15) is 0 Å². The Balaban J connectivity index is 2.34. The molecule has 0 bridgehead atoms. The molecule has 0 aromatic carbocycles. The first-order valence-corrected chi connectivity index (χ1v) is 7.64. The van der Waals surface area contributed by atoms with E-state index in [2.05, 4.69) is 0 Å². The Labute approximate surface area is 135 Å². The standard InChI is InChI=1S/C14H27NO8/c15-14(13(16)17)11-22-9-7-20-5-3-18-1-2-19-4-6-21-8-10-23-12-14/h1-12,15H2,(H,16,17). The third-order valence-electron chi connectivity index (χ3n) is 3.01. The van der Waals surface area contributed by atoms with Gasteiger partial charge in [0.15, 0.2) is 5.54 Å². The summed E-state index contributed by atoms with van der Waals surface area (Å²) in [5, 5.41) is 9.20. The van der Waals surface area contributed by atoms with E-state index in [0.29, 0.717) is 52.9 Å². The van der Waals surface area contributed by atoms with Gasteiger partial charge in [0.1, 0.15) is 0 Å². The SMILES string of the molecule is NC1(C(=O)O)COCCOCCOCCOCCOCCOC1. The van der Waals surface area contributed by atoms with Gasteiger partial charge in [-0.25, -0.2) is 0 Å². The molecule has 1 saturated heterocycles. The summed E-state index contributed by atoms with van der Waals surface area (Å²) in [6.07, 6.45) is 0. The zero-order valence-corrected chi connectivity index (χ0v) is 13.4. The van der Waals surface area contributed by atoms with Crippen molar-refractivity contribution >= 4 is 5.97 Å². The van der Waals surface area contributed by atoms with Crippen molar-refractivity contribution in [3.8, 4) is 0 Å². The van der Waals surface area contributed by atoms with Crippen molar-refractivity contribution in [1.29, 1.82) is 0 Å². The molecule has 0 aromatic heterocycles. The minimum Gasteiger partial charge on any atom is -0.480 e. The number of rotatable bonds is 1. The number of aliphatic carboxylic acids is 1. The van der Waals surface area contributed by atoms with Gasteiger partial charge in [0.2, 0.25) is 0 Å². The van der Waals surface area contributed by atoms with Crippen LogP contribution in [-0.2, 0) is 33.2 Å². The molecule has 0 spiro atoms. The fourth-order valence-corrected chi connectivity index (χ4v) is 1.67. The van der Waals surface area contributed by atoms with Crippen molar-refractivity contribution in [2.24, 2.45) is 5.73 Å². The van der Waals surface area contributed by atoms with Gasteiger partial charge in [-0.3, -0.25) is 4.79 Å². The van der Waals surface area contributed by atoms with E-state index in [0.717, 1.165) is 0 Å². The lowest BCUT2D eigenvalue weighted by atomic mass is 10.0. The summed E-state index contributed by atoms with van der Waals surface area (Å²) >= 11 is 0. The lowest BCUT2D eigenvalue weighted by Crippen LogP contribution is -2.56. The first kappa shape index (κ1) is 20.2. The minimum absolute atomic E-state index is 0.156. The van der Waals surface area contributed by atoms with Crippen LogP contribution in [0.15, 0.2) is 0 Å². The Morgan fingerprint density at radius 2 is 0.913 bits per heavy atom. The Hall–Kier alpha value is -0.810. The molecule has 9 heteroatoms. The predicted molar refractivity (Wildman–Crippen MR) is 79.5 cm³/mol. The summed E-state index contributed by atoms with van der Waals surface area (Å²) in [5.74, 6) is -1.17. The van der Waals surface area contributed by atoms with E-state index in [1.54, 1.807) is 0 Å². The highest BCUT2D eigenvalue weighted by Gasteiger charge is 2.34. The molecule has 0 aliphatic carbocycles. The summed E-state index contributed by atoms with van der Waals surface area (Å²) < 4.78 is 31.8. The molecule has 1 aliphatic rings. The molecule has 0 atom stereocenters. The molecule has 0 saturated carbocycles. The quantitative estimate of drug-likeness (QED) is 0.613. The Bertz CT molecular complexity index is 295. The maximum Gasteiger partial charge on any atom is 0.328 e. The Morgan fingerprint density at radius 3 is 1.17 bits per heavy atom. The molecule has 136 valence electrons. The highest BCUT2D eigenvalue weighted by Crippen LogP contribution is 2.04. The largest absolute Gasteiger partial charge is 0.480 e. The van der Waals surface area contributed by atoms with E-state index in [4.69, 9.17) is 34.2 Å². The van der Waals surface area contributed by atoms with Crippen LogP contribution in [-0.4, -0.2) is 95.9 Å². The van der Waals surface area contributed by atoms with Gasteiger partial charge in [-0.05, 0) is 0 Å². The highest BCUT2D eigenvalue weighted by atomic mass is 16.6. The molecule has 1 rings (SSSR count). The monoisotopic (exact) mass is 337 g/mol. The molecule has 1 aliphatic heterocycles. The third kappa shape index (κ3) is 9.82. The van der Waals surface area contributed by atoms with Gasteiger partial charge >= 0.3 is 5.97 Å². The second-order valence-electron chi connectivity index (χ2n) is 5.02. The fourth-order valence-electron chi connectivity index (χ4n) is 1.67. The van der Waals surface area contributed by atoms with Crippen molar-refractivity contribution in [1.82, 2.24) is 0 Å². The maximum absolute atomic E-state index is 11.3. The van der Waals surface area contributed by atoms with E-state index in [9.17, 15) is 9.90 Å². The number of hydrogen-bond donors (Lipinski definition) is 2. The number of nitrogens with two attached hydrogens (primary N) is 1. The van der Waals surface area contributed by atoms with Crippen LogP contribution in [0.2, 0.25) is 0 Å². The molecule has 3 N–H and O–H groups in total. The molecule has 1 heterocycles. The molecular weight excluding hydrogens is 310 g/mol. The van der Waals surface area contributed by atoms with E-state index < -0.39 is 11.5 Å². The van der Waals surface area contributed by atoms with Crippen LogP contribution in [0.5, 0.6) is 0 Å². The van der Waals surface area contributed by atoms with Crippen LogP contribution >= 0.6 is 0 Å². The van der Waals surface area contributed by atoms with Gasteiger partial charge < -0.3 is 39.3 Å². The Kier molecular flexibility index (Phi) is 11.1. The van der Waals surface area contributed by atoms with E-state index in [1.165, 1.54) is 0 Å². The molecule has 23 heavy (non-hydrogen) atoms. The summed E-state index contributed by atoms with van der Waals surface area (Å²) in [6, 6.07) is 0. The molecule has 0 radical (unpaired) electrons. The van der Waals surface area contributed by atoms with Crippen LogP contribution in [0.25, 0.3) is 0 Å². The summed E-state index contributed by atoms with van der Waals surface area (Å²) in [6.45, 7) is 3.64. The average Bonchev–Trinajstić information content (AvgIpc) is 2.53. The van der Waals surface area contributed by atoms with E-state index >= 15 is 0 Å². The van der Waals surface area contributed by atoms with Gasteiger partial charge in [0.25, 0.3) is 0 Å². The zero-order valence-electron chi connectivity index (χ0n) is 13.4. The van der Waals surface area contributed by atoms with Gasteiger partial charge in [-0.15, -0.1) is 0 Å². The van der Waals surface area contributed by atoms with E-state index in [1.807, 2.05) is 0 Å². The highest BCUT2D eigenvalue weighted by molar-refractivity contribution is 5.78. The van der Waals surface area contributed by atoms with Crippen LogP contribution in [0.4, 0.5) is 0 Å². The van der Waals surface area contributed by atoms with Crippen LogP contribution in [0, 0.1) is 0 Å².